The van der Waals surface area contributed by atoms with Crippen molar-refractivity contribution in [1.29, 1.82) is 0 Å². The smallest absolute Gasteiger partial charge is 0.163 e. The average Bonchev–Trinajstić information content (AvgIpc) is 2.74. The summed E-state index contributed by atoms with van der Waals surface area (Å²) < 4.78 is 0. The molecular weight excluding hydrogens is 384 g/mol. The van der Waals surface area contributed by atoms with Crippen LogP contribution in [0.2, 0.25) is 0 Å². The van der Waals surface area contributed by atoms with Crippen molar-refractivity contribution in [3.63, 3.8) is 0 Å². The molecule has 170 valence electrons. The van der Waals surface area contributed by atoms with Gasteiger partial charge in [-0.05, 0) is 52.4 Å². The zero-order valence-electron chi connectivity index (χ0n) is 20.5. The summed E-state index contributed by atoms with van der Waals surface area (Å²) in [5.41, 5.74) is 0. The van der Waals surface area contributed by atoms with E-state index in [1.165, 1.54) is 87.4 Å². The molecule has 0 radical (unpaired) electrons. The highest BCUT2D eigenvalue weighted by Gasteiger charge is 2.30. The molecular formula is C22H52N4S2+2. The highest BCUT2D eigenvalue weighted by atomic mass is 32.2. The fourth-order valence-electron chi connectivity index (χ4n) is 3.23. The first kappa shape index (κ1) is 28.5. The van der Waals surface area contributed by atoms with E-state index >= 15 is 0 Å². The molecule has 0 N–H and O–H groups in total. The van der Waals surface area contributed by atoms with Crippen LogP contribution >= 0.6 is 0 Å². The van der Waals surface area contributed by atoms with Crippen molar-refractivity contribution < 1.29 is 0 Å². The van der Waals surface area contributed by atoms with Crippen LogP contribution < -0.4 is 0 Å². The Bertz CT molecular complexity index is 270. The third kappa shape index (κ3) is 12.3. The molecule has 28 heavy (non-hydrogen) atoms. The fourth-order valence-corrected chi connectivity index (χ4v) is 9.32. The molecule has 0 unspecified atom stereocenters. The summed E-state index contributed by atoms with van der Waals surface area (Å²) in [4.78, 5) is 10.6. The van der Waals surface area contributed by atoms with Crippen LogP contribution in [0.25, 0.3) is 0 Å². The predicted molar refractivity (Wildman–Crippen MR) is 136 cm³/mol. The molecule has 0 spiro atoms. The van der Waals surface area contributed by atoms with Crippen molar-refractivity contribution in [3.8, 4) is 0 Å². The SMILES string of the molecule is CCN(CC)C[S+](CC[S+](CN(CC)CC)CN(CC)CC)CN(CC)CC. The standard InChI is InChI=1S/C22H52N4S2/c1-9-23(10-2)19-27(20-24(11-3)12-4)17-18-28(21-25(13-5)14-6)22-26(15-7)16-8/h9-22H2,1-8H3/q+2. The van der Waals surface area contributed by atoms with E-state index < -0.39 is 0 Å². The second-order valence-electron chi connectivity index (χ2n) is 7.36. The Kier molecular flexibility index (Phi) is 18.7. The van der Waals surface area contributed by atoms with Crippen LogP contribution in [0.15, 0.2) is 0 Å². The van der Waals surface area contributed by atoms with Gasteiger partial charge in [-0.15, -0.1) is 0 Å². The summed E-state index contributed by atoms with van der Waals surface area (Å²) in [5, 5.41) is 0. The molecule has 0 heterocycles. The first-order valence-corrected chi connectivity index (χ1v) is 15.1. The van der Waals surface area contributed by atoms with E-state index in [-0.39, 0.29) is 0 Å². The van der Waals surface area contributed by atoms with Crippen LogP contribution in [0.4, 0.5) is 0 Å². The molecule has 0 aromatic rings. The Hall–Kier alpha value is 0.540. The second-order valence-corrected chi connectivity index (χ2v) is 11.7. The average molecular weight is 437 g/mol. The van der Waals surface area contributed by atoms with E-state index in [1.54, 1.807) is 0 Å². The van der Waals surface area contributed by atoms with Gasteiger partial charge in [0.1, 0.15) is 0 Å². The summed E-state index contributed by atoms with van der Waals surface area (Å²) in [6, 6.07) is 0. The summed E-state index contributed by atoms with van der Waals surface area (Å²) in [5.74, 6) is 7.96. The Morgan fingerprint density at radius 2 is 0.536 bits per heavy atom. The third-order valence-corrected chi connectivity index (χ3v) is 10.4. The molecule has 0 aromatic heterocycles. The normalized spacial score (nSPS) is 12.6. The number of hydrogen-bond acceptors (Lipinski definition) is 4. The first-order valence-electron chi connectivity index (χ1n) is 11.7. The van der Waals surface area contributed by atoms with Crippen molar-refractivity contribution in [2.24, 2.45) is 0 Å². The molecule has 0 aliphatic heterocycles. The van der Waals surface area contributed by atoms with Gasteiger partial charge in [0, 0.05) is 21.8 Å². The molecule has 0 atom stereocenters. The van der Waals surface area contributed by atoms with Crippen molar-refractivity contribution >= 4 is 21.8 Å². The molecule has 4 nitrogen and oxygen atoms in total. The van der Waals surface area contributed by atoms with Gasteiger partial charge >= 0.3 is 0 Å². The van der Waals surface area contributed by atoms with E-state index in [0.29, 0.717) is 21.8 Å². The molecule has 0 amide bonds. The van der Waals surface area contributed by atoms with Gasteiger partial charge in [0.05, 0.1) is 0 Å². The van der Waals surface area contributed by atoms with E-state index in [9.17, 15) is 0 Å². The van der Waals surface area contributed by atoms with Gasteiger partial charge in [0.25, 0.3) is 0 Å². The summed E-state index contributed by atoms with van der Waals surface area (Å²) in [6.45, 7) is 28.0. The van der Waals surface area contributed by atoms with Crippen molar-refractivity contribution in [3.05, 3.63) is 0 Å². The van der Waals surface area contributed by atoms with Crippen LogP contribution in [-0.4, -0.2) is 107 Å². The Labute approximate surface area is 184 Å². The van der Waals surface area contributed by atoms with Crippen LogP contribution in [-0.2, 0) is 21.8 Å². The highest BCUT2D eigenvalue weighted by Crippen LogP contribution is 2.11. The van der Waals surface area contributed by atoms with Gasteiger partial charge in [-0.2, -0.15) is 0 Å². The van der Waals surface area contributed by atoms with Gasteiger partial charge in [0.2, 0.25) is 0 Å². The second kappa shape index (κ2) is 18.3. The van der Waals surface area contributed by atoms with Gasteiger partial charge in [0.15, 0.2) is 35.0 Å². The number of rotatable bonds is 19. The first-order chi connectivity index (χ1) is 13.5. The van der Waals surface area contributed by atoms with Gasteiger partial charge in [-0.25, -0.2) is 0 Å². The Morgan fingerprint density at radius 1 is 0.357 bits per heavy atom. The molecule has 0 saturated heterocycles. The van der Waals surface area contributed by atoms with Gasteiger partial charge in [-0.3, -0.25) is 19.6 Å². The predicted octanol–water partition coefficient (Wildman–Crippen LogP) is 3.42. The maximum Gasteiger partial charge on any atom is 0.163 e. The monoisotopic (exact) mass is 436 g/mol. The maximum atomic E-state index is 2.64. The number of nitrogens with zero attached hydrogens (tertiary/aromatic N) is 4. The summed E-state index contributed by atoms with van der Waals surface area (Å²) >= 11 is 0. The highest BCUT2D eigenvalue weighted by molar-refractivity contribution is 8.00. The Balaban J connectivity index is 5.05. The number of hydrogen-bond donors (Lipinski definition) is 0. The lowest BCUT2D eigenvalue weighted by molar-refractivity contribution is 0.339. The largest absolute Gasteiger partial charge is 0.262 e. The van der Waals surface area contributed by atoms with Crippen LogP contribution in [0.5, 0.6) is 0 Å². The molecule has 0 rings (SSSR count). The third-order valence-electron chi connectivity index (χ3n) is 5.70. The maximum absolute atomic E-state index is 2.64. The summed E-state index contributed by atoms with van der Waals surface area (Å²) in [7, 11) is 0.959. The Morgan fingerprint density at radius 3 is 0.679 bits per heavy atom. The lowest BCUT2D eigenvalue weighted by atomic mass is 10.6. The molecule has 0 bridgehead atoms. The van der Waals surface area contributed by atoms with Crippen LogP contribution in [0.1, 0.15) is 55.4 Å². The summed E-state index contributed by atoms with van der Waals surface area (Å²) in [6.07, 6.45) is 0. The van der Waals surface area contributed by atoms with Crippen LogP contribution in [0, 0.1) is 0 Å². The van der Waals surface area contributed by atoms with Crippen molar-refractivity contribution in [2.45, 2.75) is 55.4 Å². The van der Waals surface area contributed by atoms with Crippen molar-refractivity contribution in [2.75, 3.05) is 87.4 Å². The van der Waals surface area contributed by atoms with E-state index in [2.05, 4.69) is 75.0 Å². The quantitative estimate of drug-likeness (QED) is 0.288. The molecule has 0 aliphatic rings. The zero-order chi connectivity index (χ0) is 21.4. The molecule has 0 fully saturated rings. The lowest BCUT2D eigenvalue weighted by Gasteiger charge is -2.25. The molecule has 6 heteroatoms. The lowest BCUT2D eigenvalue weighted by Crippen LogP contribution is -2.43. The minimum atomic E-state index is 0.480. The van der Waals surface area contributed by atoms with Gasteiger partial charge in [-0.1, -0.05) is 55.4 Å². The molecule has 0 aromatic carbocycles. The minimum Gasteiger partial charge on any atom is -0.262 e. The van der Waals surface area contributed by atoms with Crippen LogP contribution in [0.3, 0.4) is 0 Å². The van der Waals surface area contributed by atoms with E-state index in [4.69, 9.17) is 0 Å². The zero-order valence-corrected chi connectivity index (χ0v) is 22.1. The molecule has 0 saturated carbocycles. The minimum absolute atomic E-state index is 0.480. The van der Waals surface area contributed by atoms with E-state index in [0.717, 1.165) is 0 Å². The topological polar surface area (TPSA) is 13.0 Å². The fraction of sp³-hybridized carbons (Fsp3) is 1.00. The van der Waals surface area contributed by atoms with Crippen molar-refractivity contribution in [1.82, 2.24) is 19.6 Å². The molecule has 0 aliphatic carbocycles. The van der Waals surface area contributed by atoms with Gasteiger partial charge < -0.3 is 0 Å². The van der Waals surface area contributed by atoms with E-state index in [1.807, 2.05) is 0 Å².